The second-order valence-corrected chi connectivity index (χ2v) is 9.56. The summed E-state index contributed by atoms with van der Waals surface area (Å²) in [4.78, 5) is 38.9. The molecular weight excluding hydrogens is 444 g/mol. The van der Waals surface area contributed by atoms with Crippen LogP contribution in [0.3, 0.4) is 0 Å². The number of nitrogens with zero attached hydrogens (tertiary/aromatic N) is 1. The molecule has 0 radical (unpaired) electrons. The number of aliphatic carboxylic acids is 1. The molecule has 2 amide bonds. The topological polar surface area (TPSA) is 95.9 Å². The minimum absolute atomic E-state index is 0.0446. The summed E-state index contributed by atoms with van der Waals surface area (Å²) >= 11 is 0. The molecule has 2 atom stereocenters. The zero-order valence-electron chi connectivity index (χ0n) is 20.2. The molecule has 7 heteroatoms. The van der Waals surface area contributed by atoms with Crippen LogP contribution in [0.25, 0.3) is 11.1 Å². The number of fused-ring (bicyclic) bond motifs is 3. The number of amides is 2. The summed E-state index contributed by atoms with van der Waals surface area (Å²) in [6, 6.07) is 15.6. The van der Waals surface area contributed by atoms with Gasteiger partial charge in [-0.1, -0.05) is 68.3 Å². The van der Waals surface area contributed by atoms with Crippen LogP contribution in [0.15, 0.2) is 48.5 Å². The number of unbranched alkanes of at least 4 members (excludes halogenated alkanes) is 1. The molecule has 0 aromatic heterocycles. The Balaban J connectivity index is 1.39. The van der Waals surface area contributed by atoms with E-state index in [-0.39, 0.29) is 30.8 Å². The predicted octanol–water partition coefficient (Wildman–Crippen LogP) is 4.80. The lowest BCUT2D eigenvalue weighted by atomic mass is 9.94. The van der Waals surface area contributed by atoms with Gasteiger partial charge in [0, 0.05) is 25.4 Å². The number of ether oxygens (including phenoxy) is 1. The molecule has 2 aromatic carbocycles. The van der Waals surface area contributed by atoms with Gasteiger partial charge in [-0.2, -0.15) is 0 Å². The molecule has 1 heterocycles. The van der Waals surface area contributed by atoms with E-state index in [1.807, 2.05) is 31.2 Å². The van der Waals surface area contributed by atoms with Gasteiger partial charge < -0.3 is 20.1 Å². The fraction of sp³-hybridized carbons (Fsp3) is 0.464. The minimum Gasteiger partial charge on any atom is -0.481 e. The molecule has 2 unspecified atom stereocenters. The number of carbonyl (C=O) groups excluding carboxylic acids is 2. The van der Waals surface area contributed by atoms with E-state index in [9.17, 15) is 14.4 Å². The van der Waals surface area contributed by atoms with E-state index >= 15 is 0 Å². The Hall–Kier alpha value is -3.35. The van der Waals surface area contributed by atoms with Gasteiger partial charge in [0.2, 0.25) is 5.91 Å². The van der Waals surface area contributed by atoms with Crippen LogP contribution < -0.4 is 5.32 Å². The van der Waals surface area contributed by atoms with Gasteiger partial charge >= 0.3 is 12.1 Å². The largest absolute Gasteiger partial charge is 0.481 e. The van der Waals surface area contributed by atoms with Gasteiger partial charge in [-0.3, -0.25) is 9.59 Å². The molecule has 1 saturated heterocycles. The molecule has 2 aliphatic rings. The number of carbonyl (C=O) groups is 3. The van der Waals surface area contributed by atoms with Crippen molar-refractivity contribution in [1.82, 2.24) is 10.2 Å². The number of likely N-dealkylation sites (tertiary alicyclic amines) is 1. The third kappa shape index (κ3) is 5.84. The van der Waals surface area contributed by atoms with Crippen molar-refractivity contribution in [3.05, 3.63) is 59.7 Å². The third-order valence-corrected chi connectivity index (χ3v) is 7.07. The highest BCUT2D eigenvalue weighted by Crippen LogP contribution is 2.44. The first-order valence-corrected chi connectivity index (χ1v) is 12.6. The van der Waals surface area contributed by atoms with Crippen LogP contribution in [0.2, 0.25) is 0 Å². The summed E-state index contributed by atoms with van der Waals surface area (Å²) in [5.41, 5.74) is 4.60. The second kappa shape index (κ2) is 11.4. The quantitative estimate of drug-likeness (QED) is 0.540. The average molecular weight is 479 g/mol. The van der Waals surface area contributed by atoms with Crippen molar-refractivity contribution in [2.75, 3.05) is 19.7 Å². The molecule has 186 valence electrons. The molecular formula is C28H34N2O5. The third-order valence-electron chi connectivity index (χ3n) is 7.07. The highest BCUT2D eigenvalue weighted by Gasteiger charge is 2.32. The van der Waals surface area contributed by atoms with Crippen molar-refractivity contribution in [2.24, 2.45) is 5.92 Å². The van der Waals surface area contributed by atoms with E-state index in [1.165, 1.54) is 0 Å². The number of hydrogen-bond acceptors (Lipinski definition) is 4. The van der Waals surface area contributed by atoms with Gasteiger partial charge in [0.1, 0.15) is 12.6 Å². The second-order valence-electron chi connectivity index (χ2n) is 9.56. The van der Waals surface area contributed by atoms with Gasteiger partial charge in [-0.05, 0) is 47.4 Å². The van der Waals surface area contributed by atoms with E-state index in [1.54, 1.807) is 4.90 Å². The number of carboxylic acid groups (broad SMARTS) is 1. The monoisotopic (exact) mass is 478 g/mol. The van der Waals surface area contributed by atoms with Crippen LogP contribution in [0.5, 0.6) is 0 Å². The van der Waals surface area contributed by atoms with E-state index in [2.05, 4.69) is 29.6 Å². The van der Waals surface area contributed by atoms with E-state index in [0.717, 1.165) is 47.9 Å². The van der Waals surface area contributed by atoms with Crippen LogP contribution in [-0.4, -0.2) is 53.7 Å². The summed E-state index contributed by atoms with van der Waals surface area (Å²) in [5, 5.41) is 11.9. The minimum atomic E-state index is -0.844. The molecule has 7 nitrogen and oxygen atoms in total. The number of rotatable bonds is 9. The number of hydrogen-bond donors (Lipinski definition) is 2. The molecule has 1 fully saturated rings. The van der Waals surface area contributed by atoms with E-state index in [0.29, 0.717) is 19.5 Å². The fourth-order valence-corrected chi connectivity index (χ4v) is 5.35. The maximum absolute atomic E-state index is 13.3. The number of carboxylic acids is 1. The van der Waals surface area contributed by atoms with Crippen LogP contribution >= 0.6 is 0 Å². The average Bonchev–Trinajstić information content (AvgIpc) is 3.18. The van der Waals surface area contributed by atoms with Crippen LogP contribution in [0.4, 0.5) is 4.79 Å². The SMILES string of the molecule is CCCCC(NC(=O)OCC1c2ccccc2-c2ccccc21)C(=O)N1CCCC(CC(=O)O)C1. The maximum atomic E-state index is 13.3. The smallest absolute Gasteiger partial charge is 0.407 e. The molecule has 2 N–H and O–H groups in total. The Morgan fingerprint density at radius 1 is 1.09 bits per heavy atom. The van der Waals surface area contributed by atoms with Crippen LogP contribution in [0, 0.1) is 5.92 Å². The summed E-state index contributed by atoms with van der Waals surface area (Å²) in [6.07, 6.45) is 3.26. The number of nitrogens with one attached hydrogen (secondary N) is 1. The standard InChI is InChI=1S/C28H34N2O5/c1-2-3-14-25(27(33)30-15-8-9-19(17-30)16-26(31)32)29-28(34)35-18-24-22-12-6-4-10-20(22)21-11-5-7-13-23(21)24/h4-7,10-13,19,24-25H,2-3,8-9,14-18H2,1H3,(H,29,34)(H,31,32). The maximum Gasteiger partial charge on any atom is 0.407 e. The van der Waals surface area contributed by atoms with Gasteiger partial charge in [-0.25, -0.2) is 4.79 Å². The van der Waals surface area contributed by atoms with Crippen molar-refractivity contribution in [2.45, 2.75) is 57.4 Å². The van der Waals surface area contributed by atoms with Gasteiger partial charge in [0.15, 0.2) is 0 Å². The van der Waals surface area contributed by atoms with Crippen molar-refractivity contribution >= 4 is 18.0 Å². The molecule has 0 spiro atoms. The molecule has 1 aliphatic carbocycles. The Labute approximate surface area is 206 Å². The van der Waals surface area contributed by atoms with Crippen molar-refractivity contribution in [1.29, 1.82) is 0 Å². The molecule has 0 bridgehead atoms. The first kappa shape index (κ1) is 24.8. The number of benzene rings is 2. The predicted molar refractivity (Wildman–Crippen MR) is 133 cm³/mol. The summed E-state index contributed by atoms with van der Waals surface area (Å²) in [5.74, 6) is -1.09. The zero-order valence-corrected chi connectivity index (χ0v) is 20.2. The van der Waals surface area contributed by atoms with Crippen molar-refractivity contribution in [3.8, 4) is 11.1 Å². The van der Waals surface area contributed by atoms with Gasteiger partial charge in [0.25, 0.3) is 0 Å². The lowest BCUT2D eigenvalue weighted by Crippen LogP contribution is -2.51. The molecule has 2 aromatic rings. The first-order valence-electron chi connectivity index (χ1n) is 12.6. The highest BCUT2D eigenvalue weighted by molar-refractivity contribution is 5.86. The summed E-state index contributed by atoms with van der Waals surface area (Å²) in [7, 11) is 0. The molecule has 35 heavy (non-hydrogen) atoms. The summed E-state index contributed by atoms with van der Waals surface area (Å²) < 4.78 is 5.66. The molecule has 0 saturated carbocycles. The van der Waals surface area contributed by atoms with Crippen molar-refractivity contribution < 1.29 is 24.2 Å². The Morgan fingerprint density at radius 2 is 1.74 bits per heavy atom. The van der Waals surface area contributed by atoms with E-state index < -0.39 is 18.1 Å². The Kier molecular flexibility index (Phi) is 8.06. The van der Waals surface area contributed by atoms with E-state index in [4.69, 9.17) is 9.84 Å². The van der Waals surface area contributed by atoms with Crippen LogP contribution in [0.1, 0.15) is 62.5 Å². The van der Waals surface area contributed by atoms with Crippen molar-refractivity contribution in [3.63, 3.8) is 0 Å². The lowest BCUT2D eigenvalue weighted by molar-refractivity contribution is -0.141. The fourth-order valence-electron chi connectivity index (χ4n) is 5.35. The number of piperidine rings is 1. The van der Waals surface area contributed by atoms with Gasteiger partial charge in [-0.15, -0.1) is 0 Å². The molecule has 4 rings (SSSR count). The highest BCUT2D eigenvalue weighted by atomic mass is 16.5. The lowest BCUT2D eigenvalue weighted by Gasteiger charge is -2.34. The summed E-state index contributed by atoms with van der Waals surface area (Å²) in [6.45, 7) is 3.24. The van der Waals surface area contributed by atoms with Gasteiger partial charge in [0.05, 0.1) is 0 Å². The number of alkyl carbamates (subject to hydrolysis) is 1. The zero-order chi connectivity index (χ0) is 24.8. The normalized spacial score (nSPS) is 17.9. The molecule has 1 aliphatic heterocycles. The Morgan fingerprint density at radius 3 is 2.37 bits per heavy atom. The first-order chi connectivity index (χ1) is 17.0. The Bertz CT molecular complexity index is 1020. The van der Waals surface area contributed by atoms with Crippen LogP contribution in [-0.2, 0) is 14.3 Å².